The van der Waals surface area contributed by atoms with Crippen LogP contribution in [0.2, 0.25) is 0 Å². The van der Waals surface area contributed by atoms with E-state index in [1.807, 2.05) is 0 Å². The lowest BCUT2D eigenvalue weighted by Gasteiger charge is -2.34. The van der Waals surface area contributed by atoms with Crippen LogP contribution in [-0.2, 0) is 4.74 Å². The van der Waals surface area contributed by atoms with E-state index in [-0.39, 0.29) is 0 Å². The van der Waals surface area contributed by atoms with Gasteiger partial charge in [0.15, 0.2) is 0 Å². The van der Waals surface area contributed by atoms with Crippen LogP contribution < -0.4 is 10.6 Å². The van der Waals surface area contributed by atoms with E-state index in [0.29, 0.717) is 17.5 Å². The van der Waals surface area contributed by atoms with Gasteiger partial charge in [-0.2, -0.15) is 0 Å². The Kier molecular flexibility index (Phi) is 6.45. The van der Waals surface area contributed by atoms with Gasteiger partial charge in [-0.05, 0) is 25.8 Å². The molecule has 102 valence electrons. The zero-order valence-electron chi connectivity index (χ0n) is 12.0. The lowest BCUT2D eigenvalue weighted by Crippen LogP contribution is -2.49. The van der Waals surface area contributed by atoms with Crippen LogP contribution >= 0.6 is 0 Å². The Morgan fingerprint density at radius 2 is 1.71 bits per heavy atom. The molecule has 0 spiro atoms. The number of likely N-dealkylation sites (N-methyl/N-ethyl adjacent to an activating group) is 1. The van der Waals surface area contributed by atoms with Gasteiger partial charge in [0, 0.05) is 24.0 Å². The van der Waals surface area contributed by atoms with Gasteiger partial charge in [0.2, 0.25) is 0 Å². The molecule has 1 rings (SSSR count). The fourth-order valence-electron chi connectivity index (χ4n) is 2.76. The van der Waals surface area contributed by atoms with Gasteiger partial charge in [-0.1, -0.05) is 27.7 Å². The summed E-state index contributed by atoms with van der Waals surface area (Å²) in [5, 5.41) is 7.31. The molecule has 0 radical (unpaired) electrons. The molecule has 0 bridgehead atoms. The molecule has 1 aliphatic heterocycles. The molecule has 1 heterocycles. The molecule has 0 aromatic carbocycles. The summed E-state index contributed by atoms with van der Waals surface area (Å²) in [5.74, 6) is 0.624. The minimum absolute atomic E-state index is 0.333. The molecular weight excluding hydrogens is 212 g/mol. The van der Waals surface area contributed by atoms with Crippen molar-refractivity contribution in [2.45, 2.75) is 58.5 Å². The van der Waals surface area contributed by atoms with Gasteiger partial charge in [0.25, 0.3) is 0 Å². The van der Waals surface area contributed by atoms with Crippen LogP contribution in [-0.4, -0.2) is 37.9 Å². The van der Waals surface area contributed by atoms with Gasteiger partial charge in [0.05, 0.1) is 13.2 Å². The summed E-state index contributed by atoms with van der Waals surface area (Å²) in [4.78, 5) is 0. The monoisotopic (exact) mass is 242 g/mol. The molecule has 2 unspecified atom stereocenters. The highest BCUT2D eigenvalue weighted by Gasteiger charge is 2.30. The molecule has 17 heavy (non-hydrogen) atoms. The first-order chi connectivity index (χ1) is 8.21. The number of hydrogen-bond acceptors (Lipinski definition) is 3. The standard InChI is InChI=1S/C14H30N2O/c1-5-14(6-2,7-3)16-9-12-10-17-11-13(12)15-8-4/h12-13,15-16H,5-11H2,1-4H3. The summed E-state index contributed by atoms with van der Waals surface area (Å²) in [6.07, 6.45) is 3.62. The normalized spacial score (nSPS) is 25.4. The van der Waals surface area contributed by atoms with E-state index in [2.05, 4.69) is 38.3 Å². The van der Waals surface area contributed by atoms with Gasteiger partial charge < -0.3 is 15.4 Å². The fraction of sp³-hybridized carbons (Fsp3) is 1.00. The average molecular weight is 242 g/mol. The molecular formula is C14H30N2O. The number of hydrogen-bond donors (Lipinski definition) is 2. The Labute approximate surface area is 107 Å². The van der Waals surface area contributed by atoms with Gasteiger partial charge in [0.1, 0.15) is 0 Å². The van der Waals surface area contributed by atoms with Crippen molar-refractivity contribution >= 4 is 0 Å². The molecule has 1 aliphatic rings. The van der Waals surface area contributed by atoms with Crippen LogP contribution in [0.25, 0.3) is 0 Å². The zero-order valence-corrected chi connectivity index (χ0v) is 12.0. The third-order valence-electron chi connectivity index (χ3n) is 4.43. The predicted molar refractivity (Wildman–Crippen MR) is 73.4 cm³/mol. The number of rotatable bonds is 8. The summed E-state index contributed by atoms with van der Waals surface area (Å²) in [6.45, 7) is 12.9. The first-order valence-electron chi connectivity index (χ1n) is 7.27. The molecule has 1 fully saturated rings. The molecule has 3 heteroatoms. The first-order valence-corrected chi connectivity index (χ1v) is 7.27. The van der Waals surface area contributed by atoms with Crippen LogP contribution in [0, 0.1) is 5.92 Å². The highest BCUT2D eigenvalue weighted by atomic mass is 16.5. The van der Waals surface area contributed by atoms with Crippen molar-refractivity contribution in [2.75, 3.05) is 26.3 Å². The summed E-state index contributed by atoms with van der Waals surface area (Å²) in [7, 11) is 0. The van der Waals surface area contributed by atoms with Crippen molar-refractivity contribution in [3.8, 4) is 0 Å². The molecule has 0 aromatic heterocycles. The predicted octanol–water partition coefficient (Wildman–Crippen LogP) is 2.17. The summed E-state index contributed by atoms with van der Waals surface area (Å²) >= 11 is 0. The molecule has 0 saturated carbocycles. The topological polar surface area (TPSA) is 33.3 Å². The van der Waals surface area contributed by atoms with Crippen molar-refractivity contribution in [1.29, 1.82) is 0 Å². The third-order valence-corrected chi connectivity index (χ3v) is 4.43. The molecule has 0 aromatic rings. The largest absolute Gasteiger partial charge is 0.379 e. The summed E-state index contributed by atoms with van der Waals surface area (Å²) < 4.78 is 5.59. The van der Waals surface area contributed by atoms with Crippen molar-refractivity contribution in [2.24, 2.45) is 5.92 Å². The average Bonchev–Trinajstić information content (AvgIpc) is 2.80. The second-order valence-electron chi connectivity index (χ2n) is 5.18. The lowest BCUT2D eigenvalue weighted by atomic mass is 9.89. The van der Waals surface area contributed by atoms with Gasteiger partial charge in [-0.3, -0.25) is 0 Å². The van der Waals surface area contributed by atoms with Crippen molar-refractivity contribution < 1.29 is 4.74 Å². The van der Waals surface area contributed by atoms with E-state index in [1.54, 1.807) is 0 Å². The molecule has 0 aliphatic carbocycles. The van der Waals surface area contributed by atoms with Crippen molar-refractivity contribution in [1.82, 2.24) is 10.6 Å². The third kappa shape index (κ3) is 3.94. The quantitative estimate of drug-likeness (QED) is 0.684. The van der Waals surface area contributed by atoms with Crippen LogP contribution in [0.3, 0.4) is 0 Å². The Morgan fingerprint density at radius 1 is 1.06 bits per heavy atom. The van der Waals surface area contributed by atoms with Crippen LogP contribution in [0.15, 0.2) is 0 Å². The van der Waals surface area contributed by atoms with E-state index in [0.717, 1.165) is 26.3 Å². The van der Waals surface area contributed by atoms with E-state index in [1.165, 1.54) is 19.3 Å². The van der Waals surface area contributed by atoms with Gasteiger partial charge in [-0.25, -0.2) is 0 Å². The van der Waals surface area contributed by atoms with Crippen LogP contribution in [0.5, 0.6) is 0 Å². The van der Waals surface area contributed by atoms with Gasteiger partial charge >= 0.3 is 0 Å². The second kappa shape index (κ2) is 7.34. The lowest BCUT2D eigenvalue weighted by molar-refractivity contribution is 0.178. The fourth-order valence-corrected chi connectivity index (χ4v) is 2.76. The molecule has 2 atom stereocenters. The maximum Gasteiger partial charge on any atom is 0.0623 e. The highest BCUT2D eigenvalue weighted by molar-refractivity contribution is 4.88. The zero-order chi connectivity index (χ0) is 12.7. The molecule has 2 N–H and O–H groups in total. The van der Waals surface area contributed by atoms with E-state index in [4.69, 9.17) is 4.74 Å². The van der Waals surface area contributed by atoms with E-state index < -0.39 is 0 Å². The smallest absolute Gasteiger partial charge is 0.0623 e. The Hall–Kier alpha value is -0.120. The maximum absolute atomic E-state index is 5.59. The van der Waals surface area contributed by atoms with E-state index >= 15 is 0 Å². The first kappa shape index (κ1) is 14.9. The summed E-state index contributed by atoms with van der Waals surface area (Å²) in [6, 6.07) is 0.538. The molecule has 3 nitrogen and oxygen atoms in total. The minimum atomic E-state index is 0.333. The summed E-state index contributed by atoms with van der Waals surface area (Å²) in [5.41, 5.74) is 0.333. The minimum Gasteiger partial charge on any atom is -0.379 e. The molecule has 1 saturated heterocycles. The SMILES string of the molecule is CCNC1COCC1CNC(CC)(CC)CC. The van der Waals surface area contributed by atoms with E-state index in [9.17, 15) is 0 Å². The Balaban J connectivity index is 2.42. The van der Waals surface area contributed by atoms with Crippen molar-refractivity contribution in [3.63, 3.8) is 0 Å². The van der Waals surface area contributed by atoms with Crippen LogP contribution in [0.1, 0.15) is 47.0 Å². The number of ether oxygens (including phenoxy) is 1. The maximum atomic E-state index is 5.59. The van der Waals surface area contributed by atoms with Gasteiger partial charge in [-0.15, -0.1) is 0 Å². The Morgan fingerprint density at radius 3 is 2.24 bits per heavy atom. The highest BCUT2D eigenvalue weighted by Crippen LogP contribution is 2.21. The second-order valence-corrected chi connectivity index (χ2v) is 5.18. The van der Waals surface area contributed by atoms with Crippen LogP contribution in [0.4, 0.5) is 0 Å². The van der Waals surface area contributed by atoms with Crippen molar-refractivity contribution in [3.05, 3.63) is 0 Å². The molecule has 0 amide bonds. The Bertz CT molecular complexity index is 196. The number of nitrogens with one attached hydrogen (secondary N) is 2.